The van der Waals surface area contributed by atoms with Crippen LogP contribution in [-0.2, 0) is 14.8 Å². The van der Waals surface area contributed by atoms with Gasteiger partial charge in [0.15, 0.2) is 11.6 Å². The second-order valence-corrected chi connectivity index (χ2v) is 8.96. The van der Waals surface area contributed by atoms with E-state index in [2.05, 4.69) is 10.0 Å². The van der Waals surface area contributed by atoms with Crippen molar-refractivity contribution in [3.8, 4) is 5.75 Å². The molecule has 31 heavy (non-hydrogen) atoms. The van der Waals surface area contributed by atoms with Gasteiger partial charge in [-0.25, -0.2) is 12.8 Å². The number of carbonyl (C=O) groups excluding carboxylic acids is 1. The Labute approximate surface area is 184 Å². The predicted molar refractivity (Wildman–Crippen MR) is 114 cm³/mol. The topological polar surface area (TPSA) is 122 Å². The Hall–Kier alpha value is -2.85. The number of benzene rings is 2. The second kappa shape index (κ2) is 10.5. The van der Waals surface area contributed by atoms with Crippen LogP contribution >= 0.6 is 11.6 Å². The van der Waals surface area contributed by atoms with E-state index in [4.69, 9.17) is 21.4 Å². The van der Waals surface area contributed by atoms with E-state index in [1.54, 1.807) is 13.8 Å². The molecule has 0 heterocycles. The number of aliphatic carboxylic acids is 1. The molecule has 11 heteroatoms. The number of hydrogen-bond donors (Lipinski definition) is 3. The van der Waals surface area contributed by atoms with Crippen LogP contribution in [0.15, 0.2) is 41.3 Å². The third-order valence-electron chi connectivity index (χ3n) is 3.90. The predicted octanol–water partition coefficient (Wildman–Crippen LogP) is 3.66. The lowest BCUT2D eigenvalue weighted by atomic mass is 10.2. The number of nitrogens with one attached hydrogen (secondary N) is 2. The first-order chi connectivity index (χ1) is 14.5. The van der Waals surface area contributed by atoms with Crippen molar-refractivity contribution in [2.75, 3.05) is 11.3 Å². The molecule has 168 valence electrons. The molecule has 0 unspecified atom stereocenters. The van der Waals surface area contributed by atoms with E-state index >= 15 is 0 Å². The standard InChI is InChI=1S/C20H22ClFN2O6S/c1-12(2)23-20(27)13-5-7-15(21)17(10-13)24-31(28,29)14-6-8-18(16(22)11-14)30-9-3-4-19(25)26/h5-8,10-12,24H,3-4,9H2,1-2H3,(H,23,27)(H,25,26). The van der Waals surface area contributed by atoms with Crippen molar-refractivity contribution in [1.82, 2.24) is 5.32 Å². The quantitative estimate of drug-likeness (QED) is 0.453. The Bertz CT molecular complexity index is 1080. The van der Waals surface area contributed by atoms with Crippen LogP contribution in [0.25, 0.3) is 0 Å². The molecule has 2 aromatic carbocycles. The summed E-state index contributed by atoms with van der Waals surface area (Å²) >= 11 is 6.06. The first kappa shape index (κ1) is 24.4. The van der Waals surface area contributed by atoms with Gasteiger partial charge in [0, 0.05) is 18.0 Å². The molecular weight excluding hydrogens is 451 g/mol. The molecule has 3 N–H and O–H groups in total. The number of sulfonamides is 1. The molecule has 1 amide bonds. The van der Waals surface area contributed by atoms with E-state index in [0.717, 1.165) is 18.2 Å². The number of halogens is 2. The zero-order valence-corrected chi connectivity index (χ0v) is 18.4. The Balaban J connectivity index is 2.18. The molecule has 0 bridgehead atoms. The van der Waals surface area contributed by atoms with Gasteiger partial charge < -0.3 is 15.2 Å². The van der Waals surface area contributed by atoms with Gasteiger partial charge in [-0.05, 0) is 56.7 Å². The number of carbonyl (C=O) groups is 2. The highest BCUT2D eigenvalue weighted by Gasteiger charge is 2.19. The van der Waals surface area contributed by atoms with E-state index in [1.807, 2.05) is 0 Å². The lowest BCUT2D eigenvalue weighted by Crippen LogP contribution is -2.30. The molecule has 0 aliphatic heterocycles. The number of carboxylic acid groups (broad SMARTS) is 1. The summed E-state index contributed by atoms with van der Waals surface area (Å²) in [6.07, 6.45) is 0.0443. The largest absolute Gasteiger partial charge is 0.491 e. The van der Waals surface area contributed by atoms with Crippen molar-refractivity contribution in [2.24, 2.45) is 0 Å². The Morgan fingerprint density at radius 2 is 1.90 bits per heavy atom. The molecule has 0 atom stereocenters. The Morgan fingerprint density at radius 1 is 1.19 bits per heavy atom. The molecule has 0 aliphatic carbocycles. The van der Waals surface area contributed by atoms with Crippen LogP contribution in [0.1, 0.15) is 37.0 Å². The summed E-state index contributed by atoms with van der Waals surface area (Å²) in [5.74, 6) is -2.52. The number of amides is 1. The summed E-state index contributed by atoms with van der Waals surface area (Å²) < 4.78 is 47.0. The van der Waals surface area contributed by atoms with Gasteiger partial charge in [0.25, 0.3) is 15.9 Å². The van der Waals surface area contributed by atoms with Crippen molar-refractivity contribution in [3.05, 3.63) is 52.8 Å². The van der Waals surface area contributed by atoms with Gasteiger partial charge in [0.2, 0.25) is 0 Å². The first-order valence-electron chi connectivity index (χ1n) is 9.27. The molecule has 8 nitrogen and oxygen atoms in total. The highest BCUT2D eigenvalue weighted by atomic mass is 35.5. The summed E-state index contributed by atoms with van der Waals surface area (Å²) in [5, 5.41) is 11.3. The zero-order chi connectivity index (χ0) is 23.2. The molecule has 0 aliphatic rings. The van der Waals surface area contributed by atoms with Crippen molar-refractivity contribution >= 4 is 39.2 Å². The number of anilines is 1. The number of hydrogen-bond acceptors (Lipinski definition) is 5. The van der Waals surface area contributed by atoms with Crippen LogP contribution in [0, 0.1) is 5.82 Å². The van der Waals surface area contributed by atoms with Gasteiger partial charge in [0.05, 0.1) is 22.2 Å². The van der Waals surface area contributed by atoms with Gasteiger partial charge in [0.1, 0.15) is 0 Å². The fourth-order valence-electron chi connectivity index (χ4n) is 2.47. The summed E-state index contributed by atoms with van der Waals surface area (Å²) in [6, 6.07) is 7.06. The molecule has 0 saturated carbocycles. The molecule has 0 saturated heterocycles. The Morgan fingerprint density at radius 3 is 2.52 bits per heavy atom. The molecular formula is C20H22ClFN2O6S. The van der Waals surface area contributed by atoms with Crippen LogP contribution in [-0.4, -0.2) is 38.0 Å². The van der Waals surface area contributed by atoms with Gasteiger partial charge in [-0.3, -0.25) is 14.3 Å². The van der Waals surface area contributed by atoms with E-state index in [-0.39, 0.29) is 52.4 Å². The zero-order valence-electron chi connectivity index (χ0n) is 16.8. The van der Waals surface area contributed by atoms with E-state index in [0.29, 0.717) is 0 Å². The van der Waals surface area contributed by atoms with E-state index in [9.17, 15) is 22.4 Å². The normalized spacial score (nSPS) is 11.3. The minimum atomic E-state index is -4.22. The maximum Gasteiger partial charge on any atom is 0.303 e. The van der Waals surface area contributed by atoms with Gasteiger partial charge in [-0.2, -0.15) is 0 Å². The monoisotopic (exact) mass is 472 g/mol. The number of rotatable bonds is 10. The third-order valence-corrected chi connectivity index (χ3v) is 5.59. The van der Waals surface area contributed by atoms with E-state index in [1.165, 1.54) is 18.2 Å². The van der Waals surface area contributed by atoms with Gasteiger partial charge >= 0.3 is 5.97 Å². The van der Waals surface area contributed by atoms with Crippen LogP contribution < -0.4 is 14.8 Å². The fourth-order valence-corrected chi connectivity index (χ4v) is 3.77. The van der Waals surface area contributed by atoms with Crippen LogP contribution in [0.2, 0.25) is 5.02 Å². The van der Waals surface area contributed by atoms with Crippen molar-refractivity contribution in [3.63, 3.8) is 0 Å². The summed E-state index contributed by atoms with van der Waals surface area (Å²) in [6.45, 7) is 3.53. The maximum atomic E-state index is 14.3. The summed E-state index contributed by atoms with van der Waals surface area (Å²) in [4.78, 5) is 22.3. The maximum absolute atomic E-state index is 14.3. The third kappa shape index (κ3) is 7.11. The van der Waals surface area contributed by atoms with Crippen molar-refractivity contribution in [2.45, 2.75) is 37.6 Å². The summed E-state index contributed by atoms with van der Waals surface area (Å²) in [5.41, 5.74) is 0.166. The van der Waals surface area contributed by atoms with Crippen LogP contribution in [0.4, 0.5) is 10.1 Å². The fraction of sp³-hybridized carbons (Fsp3) is 0.300. The lowest BCUT2D eigenvalue weighted by Gasteiger charge is -2.13. The Kier molecular flexibility index (Phi) is 8.23. The number of ether oxygens (including phenoxy) is 1. The minimum Gasteiger partial charge on any atom is -0.491 e. The molecule has 0 fully saturated rings. The van der Waals surface area contributed by atoms with Crippen LogP contribution in [0.5, 0.6) is 5.75 Å². The van der Waals surface area contributed by atoms with Gasteiger partial charge in [-0.1, -0.05) is 11.6 Å². The van der Waals surface area contributed by atoms with E-state index < -0.39 is 27.7 Å². The lowest BCUT2D eigenvalue weighted by molar-refractivity contribution is -0.137. The smallest absolute Gasteiger partial charge is 0.303 e. The van der Waals surface area contributed by atoms with Gasteiger partial charge in [-0.15, -0.1) is 0 Å². The van der Waals surface area contributed by atoms with Crippen molar-refractivity contribution in [1.29, 1.82) is 0 Å². The highest BCUT2D eigenvalue weighted by molar-refractivity contribution is 7.92. The molecule has 0 radical (unpaired) electrons. The average molecular weight is 473 g/mol. The second-order valence-electron chi connectivity index (χ2n) is 6.87. The molecule has 2 rings (SSSR count). The first-order valence-corrected chi connectivity index (χ1v) is 11.1. The SMILES string of the molecule is CC(C)NC(=O)c1ccc(Cl)c(NS(=O)(=O)c2ccc(OCCCC(=O)O)c(F)c2)c1. The molecule has 0 aromatic heterocycles. The molecule has 0 spiro atoms. The number of carboxylic acids is 1. The average Bonchev–Trinajstić information content (AvgIpc) is 2.67. The molecule has 2 aromatic rings. The minimum absolute atomic E-state index is 0.0333. The highest BCUT2D eigenvalue weighted by Crippen LogP contribution is 2.28. The van der Waals surface area contributed by atoms with Crippen molar-refractivity contribution < 1.29 is 32.2 Å². The van der Waals surface area contributed by atoms with Crippen LogP contribution in [0.3, 0.4) is 0 Å². The summed E-state index contributed by atoms with van der Waals surface area (Å²) in [7, 11) is -4.22.